The molecule has 0 bridgehead atoms. The van der Waals surface area contributed by atoms with Gasteiger partial charge in [0.25, 0.3) is 5.91 Å². The lowest BCUT2D eigenvalue weighted by Crippen LogP contribution is -2.54. The first kappa shape index (κ1) is 21.6. The molecule has 5 N–H and O–H groups in total. The molecule has 4 amide bonds. The van der Waals surface area contributed by atoms with Crippen molar-refractivity contribution in [2.24, 2.45) is 11.8 Å². The molecule has 28 heavy (non-hydrogen) atoms. The van der Waals surface area contributed by atoms with Gasteiger partial charge < -0.3 is 26.4 Å². The lowest BCUT2D eigenvalue weighted by molar-refractivity contribution is -0.141. The molecule has 10 nitrogen and oxygen atoms in total. The zero-order valence-electron chi connectivity index (χ0n) is 16.1. The second-order valence-corrected chi connectivity index (χ2v) is 7.82. The van der Waals surface area contributed by atoms with E-state index in [9.17, 15) is 24.0 Å². The van der Waals surface area contributed by atoms with Crippen LogP contribution < -0.4 is 21.3 Å². The topological polar surface area (TPSA) is 154 Å². The lowest BCUT2D eigenvalue weighted by Gasteiger charge is -2.24. The van der Waals surface area contributed by atoms with Crippen LogP contribution in [0, 0.1) is 11.8 Å². The van der Waals surface area contributed by atoms with Crippen molar-refractivity contribution in [1.29, 1.82) is 0 Å². The van der Waals surface area contributed by atoms with Crippen molar-refractivity contribution in [1.82, 2.24) is 21.3 Å². The number of amides is 4. The molecular formula is C18H28N4O6. The number of ketones is 1. The van der Waals surface area contributed by atoms with Gasteiger partial charge in [-0.3, -0.25) is 19.2 Å². The van der Waals surface area contributed by atoms with Crippen LogP contribution in [-0.4, -0.2) is 59.4 Å². The number of carbonyl (C=O) groups excluding carboxylic acids is 4. The number of nitrogens with one attached hydrogen (secondary N) is 4. The molecule has 0 aromatic rings. The van der Waals surface area contributed by atoms with Crippen molar-refractivity contribution in [2.45, 2.75) is 64.1 Å². The number of hydrogen-bond donors (Lipinski definition) is 5. The first-order valence-corrected chi connectivity index (χ1v) is 9.59. The molecule has 2 aliphatic rings. The highest BCUT2D eigenvalue weighted by molar-refractivity contribution is 6.38. The highest BCUT2D eigenvalue weighted by atomic mass is 16.4. The Labute approximate surface area is 163 Å². The third-order valence-electron chi connectivity index (χ3n) is 4.77. The summed E-state index contributed by atoms with van der Waals surface area (Å²) in [6, 6.07) is -2.27. The van der Waals surface area contributed by atoms with E-state index in [-0.39, 0.29) is 30.7 Å². The van der Waals surface area contributed by atoms with Crippen LogP contribution in [0.2, 0.25) is 0 Å². The van der Waals surface area contributed by atoms with Crippen LogP contribution in [0.3, 0.4) is 0 Å². The minimum absolute atomic E-state index is 0.00400. The molecule has 1 saturated carbocycles. The quantitative estimate of drug-likeness (QED) is 0.315. The van der Waals surface area contributed by atoms with Gasteiger partial charge in [0, 0.05) is 18.5 Å². The predicted octanol–water partition coefficient (Wildman–Crippen LogP) is -0.473. The average molecular weight is 396 g/mol. The summed E-state index contributed by atoms with van der Waals surface area (Å²) in [5.41, 5.74) is 0. The summed E-state index contributed by atoms with van der Waals surface area (Å²) in [5.74, 6) is -2.99. The van der Waals surface area contributed by atoms with Crippen molar-refractivity contribution >= 4 is 29.6 Å². The fourth-order valence-corrected chi connectivity index (χ4v) is 3.15. The molecule has 1 saturated heterocycles. The Morgan fingerprint density at radius 1 is 1.11 bits per heavy atom. The van der Waals surface area contributed by atoms with E-state index in [1.807, 2.05) is 13.8 Å². The van der Waals surface area contributed by atoms with Crippen LogP contribution in [0.4, 0.5) is 4.79 Å². The fourth-order valence-electron chi connectivity index (χ4n) is 3.15. The molecule has 1 aliphatic carbocycles. The van der Waals surface area contributed by atoms with Gasteiger partial charge in [-0.1, -0.05) is 13.8 Å². The minimum atomic E-state index is -1.36. The Kier molecular flexibility index (Phi) is 7.36. The number of Topliss-reactive ketones (excluding diaryl/α,β-unsaturated/α-hetero) is 1. The molecule has 0 radical (unpaired) electrons. The highest BCUT2D eigenvalue weighted by Crippen LogP contribution is 2.20. The van der Waals surface area contributed by atoms with Gasteiger partial charge in [-0.25, -0.2) is 4.79 Å². The van der Waals surface area contributed by atoms with Crippen LogP contribution in [0.25, 0.3) is 0 Å². The van der Waals surface area contributed by atoms with E-state index in [1.165, 1.54) is 0 Å². The summed E-state index contributed by atoms with van der Waals surface area (Å²) in [4.78, 5) is 60.3. The molecule has 2 fully saturated rings. The Bertz CT molecular complexity index is 646. The summed E-state index contributed by atoms with van der Waals surface area (Å²) in [7, 11) is 0. The van der Waals surface area contributed by atoms with Gasteiger partial charge in [-0.05, 0) is 38.0 Å². The van der Waals surface area contributed by atoms with E-state index < -0.39 is 41.7 Å². The first-order valence-electron chi connectivity index (χ1n) is 9.59. The molecular weight excluding hydrogens is 368 g/mol. The Balaban J connectivity index is 2.10. The number of carbonyl (C=O) groups is 5. The molecule has 2 rings (SSSR count). The van der Waals surface area contributed by atoms with Crippen molar-refractivity contribution in [2.75, 3.05) is 6.54 Å². The summed E-state index contributed by atoms with van der Waals surface area (Å²) >= 11 is 0. The largest absolute Gasteiger partial charge is 0.465 e. The summed E-state index contributed by atoms with van der Waals surface area (Å²) in [6.45, 7) is 4.14. The molecule has 3 atom stereocenters. The second-order valence-electron chi connectivity index (χ2n) is 7.82. The van der Waals surface area contributed by atoms with Gasteiger partial charge in [0.05, 0.1) is 6.04 Å². The fraction of sp³-hybridized carbons (Fsp3) is 0.722. The standard InChI is InChI=1S/C18H28N4O6/c1-9(2)7-13(22-18(27)28)16(25)21-12(8-10-5-6-19-15(10)24)14(23)17(26)20-11-3-4-11/h9-13,22H,3-8H2,1-2H3,(H,19,24)(H,20,26)(H,21,25)(H,27,28)/t10-,12-,13-/m0/s1. The van der Waals surface area contributed by atoms with Gasteiger partial charge in [0.1, 0.15) is 6.04 Å². The van der Waals surface area contributed by atoms with Crippen molar-refractivity contribution < 1.29 is 29.1 Å². The Hall–Kier alpha value is -2.65. The normalized spacial score (nSPS) is 20.8. The monoisotopic (exact) mass is 396 g/mol. The van der Waals surface area contributed by atoms with E-state index in [1.54, 1.807) is 0 Å². The molecule has 0 unspecified atom stereocenters. The van der Waals surface area contributed by atoms with Gasteiger partial charge in [0.15, 0.2) is 0 Å². The zero-order valence-corrected chi connectivity index (χ0v) is 16.1. The maximum Gasteiger partial charge on any atom is 0.405 e. The molecule has 0 spiro atoms. The number of carboxylic acid groups (broad SMARTS) is 1. The van der Waals surface area contributed by atoms with E-state index in [4.69, 9.17) is 5.11 Å². The number of hydrogen-bond acceptors (Lipinski definition) is 5. The van der Waals surface area contributed by atoms with E-state index >= 15 is 0 Å². The molecule has 1 aliphatic heterocycles. The minimum Gasteiger partial charge on any atom is -0.465 e. The van der Waals surface area contributed by atoms with E-state index in [0.29, 0.717) is 13.0 Å². The van der Waals surface area contributed by atoms with E-state index in [0.717, 1.165) is 12.8 Å². The van der Waals surface area contributed by atoms with Gasteiger partial charge in [-0.15, -0.1) is 0 Å². The molecule has 156 valence electrons. The smallest absolute Gasteiger partial charge is 0.405 e. The van der Waals surface area contributed by atoms with Gasteiger partial charge in [0.2, 0.25) is 17.6 Å². The summed E-state index contributed by atoms with van der Waals surface area (Å²) in [6.07, 6.45) is 0.990. The maximum absolute atomic E-state index is 12.6. The van der Waals surface area contributed by atoms with Crippen LogP contribution in [0.15, 0.2) is 0 Å². The molecule has 10 heteroatoms. The van der Waals surface area contributed by atoms with E-state index in [2.05, 4.69) is 21.3 Å². The van der Waals surface area contributed by atoms with Crippen LogP contribution in [0.5, 0.6) is 0 Å². The predicted molar refractivity (Wildman–Crippen MR) is 98.2 cm³/mol. The summed E-state index contributed by atoms with van der Waals surface area (Å²) in [5, 5.41) is 18.9. The molecule has 1 heterocycles. The zero-order chi connectivity index (χ0) is 20.8. The highest BCUT2D eigenvalue weighted by Gasteiger charge is 2.37. The third-order valence-corrected chi connectivity index (χ3v) is 4.77. The average Bonchev–Trinajstić information content (AvgIpc) is 3.32. The van der Waals surface area contributed by atoms with Crippen LogP contribution in [0.1, 0.15) is 46.0 Å². The summed E-state index contributed by atoms with van der Waals surface area (Å²) < 4.78 is 0. The molecule has 0 aromatic heterocycles. The van der Waals surface area contributed by atoms with Gasteiger partial charge >= 0.3 is 6.09 Å². The second kappa shape index (κ2) is 9.52. The first-order chi connectivity index (χ1) is 13.2. The van der Waals surface area contributed by atoms with Crippen molar-refractivity contribution in [3.8, 4) is 0 Å². The Morgan fingerprint density at radius 3 is 2.29 bits per heavy atom. The SMILES string of the molecule is CC(C)C[C@H](NC(=O)O)C(=O)N[C@@H](C[C@@H]1CCNC1=O)C(=O)C(=O)NC1CC1. The maximum atomic E-state index is 12.6. The lowest BCUT2D eigenvalue weighted by atomic mass is 9.94. The number of rotatable bonds is 10. The third kappa shape index (κ3) is 6.50. The van der Waals surface area contributed by atoms with Crippen molar-refractivity contribution in [3.63, 3.8) is 0 Å². The molecule has 0 aromatic carbocycles. The van der Waals surface area contributed by atoms with Crippen LogP contribution in [-0.2, 0) is 19.2 Å². The van der Waals surface area contributed by atoms with Crippen molar-refractivity contribution in [3.05, 3.63) is 0 Å². The Morgan fingerprint density at radius 2 is 1.79 bits per heavy atom. The van der Waals surface area contributed by atoms with Crippen LogP contribution >= 0.6 is 0 Å². The van der Waals surface area contributed by atoms with Gasteiger partial charge in [-0.2, -0.15) is 0 Å².